The monoisotopic (exact) mass is 504 g/mol. The van der Waals surface area contributed by atoms with Gasteiger partial charge in [0.25, 0.3) is 0 Å². The van der Waals surface area contributed by atoms with Gasteiger partial charge in [0.1, 0.15) is 28.7 Å². The molecule has 37 heavy (non-hydrogen) atoms. The summed E-state index contributed by atoms with van der Waals surface area (Å²) in [5.41, 5.74) is 2.75. The molecular weight excluding hydrogens is 479 g/mol. The van der Waals surface area contributed by atoms with Crippen molar-refractivity contribution in [3.05, 3.63) is 95.4 Å². The van der Waals surface area contributed by atoms with Gasteiger partial charge in [0.2, 0.25) is 0 Å². The van der Waals surface area contributed by atoms with Crippen molar-refractivity contribution in [2.75, 3.05) is 19.0 Å². The van der Waals surface area contributed by atoms with Crippen molar-refractivity contribution < 1.29 is 32.7 Å². The Morgan fingerprint density at radius 1 is 1.00 bits per heavy atom. The Kier molecular flexibility index (Phi) is 8.15. The van der Waals surface area contributed by atoms with Gasteiger partial charge in [0, 0.05) is 12.0 Å². The molecule has 0 unspecified atom stereocenters. The number of rotatable bonds is 9. The zero-order valence-corrected chi connectivity index (χ0v) is 20.3. The molecule has 3 aromatic carbocycles. The van der Waals surface area contributed by atoms with Crippen LogP contribution in [-0.4, -0.2) is 30.9 Å². The van der Waals surface area contributed by atoms with Crippen molar-refractivity contribution in [2.24, 2.45) is 0 Å². The number of hydrogen-bond acceptors (Lipinski definition) is 7. The summed E-state index contributed by atoms with van der Waals surface area (Å²) in [7, 11) is 1.35. The van der Waals surface area contributed by atoms with E-state index in [-0.39, 0.29) is 31.2 Å². The number of aryl methyl sites for hydroxylation is 1. The van der Waals surface area contributed by atoms with Gasteiger partial charge in [-0.1, -0.05) is 35.5 Å². The average molecular weight is 505 g/mol. The van der Waals surface area contributed by atoms with E-state index >= 15 is 0 Å². The quantitative estimate of drug-likeness (QED) is 0.275. The number of aromatic nitrogens is 1. The summed E-state index contributed by atoms with van der Waals surface area (Å²) in [6, 6.07) is 20.5. The minimum Gasteiger partial charge on any atom is -0.469 e. The predicted octanol–water partition coefficient (Wildman–Crippen LogP) is 6.09. The Morgan fingerprint density at radius 2 is 1.78 bits per heavy atom. The van der Waals surface area contributed by atoms with Crippen LogP contribution in [0.5, 0.6) is 11.5 Å². The molecule has 0 radical (unpaired) electrons. The van der Waals surface area contributed by atoms with Crippen molar-refractivity contribution in [1.82, 2.24) is 5.16 Å². The highest BCUT2D eigenvalue weighted by Gasteiger charge is 2.18. The third-order valence-electron chi connectivity index (χ3n) is 5.48. The van der Waals surface area contributed by atoms with Gasteiger partial charge in [0.05, 0.1) is 20.1 Å². The maximum Gasteiger partial charge on any atom is 0.411 e. The van der Waals surface area contributed by atoms with Gasteiger partial charge in [0.15, 0.2) is 5.76 Å². The lowest BCUT2D eigenvalue weighted by atomic mass is 10.1. The van der Waals surface area contributed by atoms with E-state index in [4.69, 9.17) is 18.7 Å². The second-order valence-corrected chi connectivity index (χ2v) is 8.10. The second-order valence-electron chi connectivity index (χ2n) is 8.10. The number of hydrogen-bond donors (Lipinski definition) is 1. The third kappa shape index (κ3) is 6.72. The van der Waals surface area contributed by atoms with Crippen molar-refractivity contribution >= 4 is 17.7 Å². The SMILES string of the molecule is COC(=O)Cc1cccc(Oc2ccc(-c3onc(C)c3NC(=O)OCCc3ccccc3F)cc2)c1. The molecule has 1 aromatic heterocycles. The molecule has 1 amide bonds. The lowest BCUT2D eigenvalue weighted by molar-refractivity contribution is -0.139. The first kappa shape index (κ1) is 25.4. The van der Waals surface area contributed by atoms with E-state index in [1.54, 1.807) is 67.6 Å². The van der Waals surface area contributed by atoms with Crippen LogP contribution in [0.3, 0.4) is 0 Å². The van der Waals surface area contributed by atoms with E-state index in [9.17, 15) is 14.0 Å². The molecule has 0 saturated heterocycles. The van der Waals surface area contributed by atoms with Gasteiger partial charge in [-0.15, -0.1) is 0 Å². The second kappa shape index (κ2) is 11.9. The van der Waals surface area contributed by atoms with E-state index < -0.39 is 6.09 Å². The summed E-state index contributed by atoms with van der Waals surface area (Å²) in [4.78, 5) is 23.9. The van der Waals surface area contributed by atoms with E-state index in [0.29, 0.717) is 39.8 Å². The molecule has 0 bridgehead atoms. The molecule has 0 atom stereocenters. The first-order valence-corrected chi connectivity index (χ1v) is 11.5. The first-order valence-electron chi connectivity index (χ1n) is 11.5. The molecule has 8 nitrogen and oxygen atoms in total. The molecule has 0 aliphatic rings. The number of halogens is 1. The van der Waals surface area contributed by atoms with Crippen LogP contribution in [0.25, 0.3) is 11.3 Å². The third-order valence-corrected chi connectivity index (χ3v) is 5.48. The molecule has 4 aromatic rings. The van der Waals surface area contributed by atoms with Crippen LogP contribution in [0.4, 0.5) is 14.9 Å². The lowest BCUT2D eigenvalue weighted by Gasteiger charge is -2.09. The topological polar surface area (TPSA) is 99.9 Å². The van der Waals surface area contributed by atoms with Crippen LogP contribution < -0.4 is 10.1 Å². The van der Waals surface area contributed by atoms with Gasteiger partial charge in [-0.25, -0.2) is 9.18 Å². The summed E-state index contributed by atoms with van der Waals surface area (Å²) in [5, 5.41) is 6.61. The Bertz CT molecular complexity index is 1380. The Balaban J connectivity index is 1.38. The van der Waals surface area contributed by atoms with Crippen molar-refractivity contribution in [3.8, 4) is 22.8 Å². The fourth-order valence-electron chi connectivity index (χ4n) is 3.58. The summed E-state index contributed by atoms with van der Waals surface area (Å²) in [5.74, 6) is 0.824. The number of methoxy groups -OCH3 is 1. The summed E-state index contributed by atoms with van der Waals surface area (Å²) >= 11 is 0. The fraction of sp³-hybridized carbons (Fsp3) is 0.179. The molecule has 0 fully saturated rings. The van der Waals surface area contributed by atoms with E-state index in [1.807, 2.05) is 6.07 Å². The molecule has 0 spiro atoms. The van der Waals surface area contributed by atoms with Gasteiger partial charge >= 0.3 is 12.1 Å². The number of esters is 1. The first-order chi connectivity index (χ1) is 17.9. The zero-order chi connectivity index (χ0) is 26.2. The Hall–Kier alpha value is -4.66. The molecule has 1 N–H and O–H groups in total. The number of amides is 1. The van der Waals surface area contributed by atoms with E-state index in [1.165, 1.54) is 13.2 Å². The van der Waals surface area contributed by atoms with Gasteiger partial charge in [-0.05, 0) is 60.5 Å². The van der Waals surface area contributed by atoms with Crippen LogP contribution in [0.2, 0.25) is 0 Å². The number of benzene rings is 3. The molecule has 0 aliphatic heterocycles. The molecular formula is C28H25FN2O6. The van der Waals surface area contributed by atoms with Crippen LogP contribution in [0.1, 0.15) is 16.8 Å². The van der Waals surface area contributed by atoms with Crippen molar-refractivity contribution in [1.29, 1.82) is 0 Å². The van der Waals surface area contributed by atoms with Gasteiger partial charge in [-0.2, -0.15) is 0 Å². The summed E-state index contributed by atoms with van der Waals surface area (Å²) in [6.07, 6.45) is -0.294. The highest BCUT2D eigenvalue weighted by molar-refractivity contribution is 5.90. The molecule has 4 rings (SSSR count). The smallest absolute Gasteiger partial charge is 0.411 e. The van der Waals surface area contributed by atoms with Crippen molar-refractivity contribution in [3.63, 3.8) is 0 Å². The summed E-state index contributed by atoms with van der Waals surface area (Å²) < 4.78 is 35.0. The highest BCUT2D eigenvalue weighted by atomic mass is 19.1. The van der Waals surface area contributed by atoms with Gasteiger partial charge < -0.3 is 18.7 Å². The molecule has 1 heterocycles. The normalized spacial score (nSPS) is 10.6. The Labute approximate surface area is 213 Å². The number of carbonyl (C=O) groups excluding carboxylic acids is 2. The number of nitrogens with zero attached hydrogens (tertiary/aromatic N) is 1. The largest absolute Gasteiger partial charge is 0.469 e. The molecule has 190 valence electrons. The highest BCUT2D eigenvalue weighted by Crippen LogP contribution is 2.33. The number of anilines is 1. The molecule has 9 heteroatoms. The van der Waals surface area contributed by atoms with Crippen molar-refractivity contribution in [2.45, 2.75) is 19.8 Å². The van der Waals surface area contributed by atoms with E-state index in [0.717, 1.165) is 5.56 Å². The fourth-order valence-corrected chi connectivity index (χ4v) is 3.58. The standard InChI is InChI=1S/C28H25FN2O6/c1-18-26(30-28(33)35-15-14-20-7-3-4-9-24(20)29)27(37-31-18)21-10-12-22(13-11-21)36-23-8-5-6-19(16-23)17-25(32)34-2/h3-13,16H,14-15,17H2,1-2H3,(H,30,33). The molecule has 0 aliphatic carbocycles. The maximum atomic E-state index is 13.7. The maximum absolute atomic E-state index is 13.7. The van der Waals surface area contributed by atoms with Gasteiger partial charge in [-0.3, -0.25) is 10.1 Å². The number of carbonyl (C=O) groups is 2. The predicted molar refractivity (Wildman–Crippen MR) is 134 cm³/mol. The summed E-state index contributed by atoms with van der Waals surface area (Å²) in [6.45, 7) is 1.71. The van der Waals surface area contributed by atoms with Crippen LogP contribution in [0, 0.1) is 12.7 Å². The minimum absolute atomic E-state index is 0.0132. The zero-order valence-electron chi connectivity index (χ0n) is 20.3. The van der Waals surface area contributed by atoms with E-state index in [2.05, 4.69) is 10.5 Å². The number of nitrogens with one attached hydrogen (secondary N) is 1. The lowest BCUT2D eigenvalue weighted by Crippen LogP contribution is -2.16. The average Bonchev–Trinajstić information content (AvgIpc) is 3.25. The minimum atomic E-state index is -0.698. The van der Waals surface area contributed by atoms with Crippen LogP contribution in [0.15, 0.2) is 77.3 Å². The Morgan fingerprint density at radius 3 is 2.54 bits per heavy atom. The van der Waals surface area contributed by atoms with Crippen LogP contribution >= 0.6 is 0 Å². The molecule has 0 saturated carbocycles. The van der Waals surface area contributed by atoms with Crippen LogP contribution in [-0.2, 0) is 27.1 Å². The number of ether oxygens (including phenoxy) is 3.